The minimum Gasteiger partial charge on any atom is -0.319 e. The number of rotatable bonds is 3. The molecule has 1 aliphatic carbocycles. The molecule has 0 atom stereocenters. The van der Waals surface area contributed by atoms with Gasteiger partial charge in [0.05, 0.1) is 0 Å². The summed E-state index contributed by atoms with van der Waals surface area (Å²) in [4.78, 5) is 4.29. The lowest BCUT2D eigenvalue weighted by molar-refractivity contribution is 0.357. The topological polar surface area (TPSA) is 24.9 Å². The summed E-state index contributed by atoms with van der Waals surface area (Å²) in [6.07, 6.45) is 12.0. The van der Waals surface area contributed by atoms with Gasteiger partial charge in [-0.15, -0.1) is 0 Å². The summed E-state index contributed by atoms with van der Waals surface area (Å²) in [5.41, 5.74) is 1.76. The van der Waals surface area contributed by atoms with Crippen LogP contribution in [0.4, 0.5) is 0 Å². The lowest BCUT2D eigenvalue weighted by Gasteiger charge is -2.33. The molecule has 1 fully saturated rings. The minimum atomic E-state index is 0.333. The van der Waals surface area contributed by atoms with E-state index in [0.717, 1.165) is 6.54 Å². The standard InChI is InChI=1S/C14H22N2/c1-15-12-14(8-4-2-3-5-9-14)13-7-6-10-16-11-13/h6-7,10-11,15H,2-5,8-9,12H2,1H3. The van der Waals surface area contributed by atoms with Crippen LogP contribution in [0.5, 0.6) is 0 Å². The van der Waals surface area contributed by atoms with Gasteiger partial charge in [-0.05, 0) is 31.5 Å². The van der Waals surface area contributed by atoms with Crippen LogP contribution in [-0.2, 0) is 5.41 Å². The number of hydrogen-bond acceptors (Lipinski definition) is 2. The van der Waals surface area contributed by atoms with Crippen LogP contribution in [0.3, 0.4) is 0 Å². The molecule has 0 radical (unpaired) electrons. The molecular formula is C14H22N2. The van der Waals surface area contributed by atoms with E-state index in [9.17, 15) is 0 Å². The van der Waals surface area contributed by atoms with Crippen LogP contribution >= 0.6 is 0 Å². The fourth-order valence-corrected chi connectivity index (χ4v) is 2.99. The van der Waals surface area contributed by atoms with Crippen molar-refractivity contribution in [3.63, 3.8) is 0 Å². The lowest BCUT2D eigenvalue weighted by atomic mass is 9.75. The largest absolute Gasteiger partial charge is 0.319 e. The van der Waals surface area contributed by atoms with E-state index in [4.69, 9.17) is 0 Å². The van der Waals surface area contributed by atoms with Crippen LogP contribution < -0.4 is 5.32 Å². The van der Waals surface area contributed by atoms with E-state index >= 15 is 0 Å². The van der Waals surface area contributed by atoms with Crippen molar-refractivity contribution < 1.29 is 0 Å². The Labute approximate surface area is 98.5 Å². The zero-order valence-electron chi connectivity index (χ0n) is 10.2. The van der Waals surface area contributed by atoms with Crippen LogP contribution in [0.2, 0.25) is 0 Å². The SMILES string of the molecule is CNCC1(c2cccnc2)CCCCCC1. The third-order valence-electron chi connectivity index (χ3n) is 3.85. The first kappa shape index (κ1) is 11.6. The van der Waals surface area contributed by atoms with E-state index < -0.39 is 0 Å². The van der Waals surface area contributed by atoms with E-state index in [1.807, 2.05) is 6.20 Å². The van der Waals surface area contributed by atoms with E-state index in [-0.39, 0.29) is 0 Å². The maximum atomic E-state index is 4.29. The first-order chi connectivity index (χ1) is 7.87. The number of aromatic nitrogens is 1. The number of nitrogens with one attached hydrogen (secondary N) is 1. The molecule has 0 unspecified atom stereocenters. The molecule has 2 rings (SSSR count). The Hall–Kier alpha value is -0.890. The maximum Gasteiger partial charge on any atom is 0.0306 e. The summed E-state index contributed by atoms with van der Waals surface area (Å²) >= 11 is 0. The Morgan fingerprint density at radius 1 is 1.25 bits per heavy atom. The van der Waals surface area contributed by atoms with Crippen LogP contribution in [0.15, 0.2) is 24.5 Å². The number of pyridine rings is 1. The molecule has 0 spiro atoms. The van der Waals surface area contributed by atoms with Gasteiger partial charge in [-0.25, -0.2) is 0 Å². The summed E-state index contributed by atoms with van der Waals surface area (Å²) in [5.74, 6) is 0. The average molecular weight is 218 g/mol. The fraction of sp³-hybridized carbons (Fsp3) is 0.643. The van der Waals surface area contributed by atoms with Crippen molar-refractivity contribution in [2.75, 3.05) is 13.6 Å². The van der Waals surface area contributed by atoms with Crippen molar-refractivity contribution in [1.82, 2.24) is 10.3 Å². The first-order valence-electron chi connectivity index (χ1n) is 6.42. The number of hydrogen-bond donors (Lipinski definition) is 1. The Kier molecular flexibility index (Phi) is 3.94. The normalized spacial score (nSPS) is 20.3. The van der Waals surface area contributed by atoms with Gasteiger partial charge >= 0.3 is 0 Å². The van der Waals surface area contributed by atoms with Crippen molar-refractivity contribution >= 4 is 0 Å². The summed E-state index contributed by atoms with van der Waals surface area (Å²) in [5, 5.41) is 3.38. The molecule has 1 aliphatic rings. The van der Waals surface area contributed by atoms with Gasteiger partial charge in [-0.3, -0.25) is 4.98 Å². The summed E-state index contributed by atoms with van der Waals surface area (Å²) < 4.78 is 0. The highest BCUT2D eigenvalue weighted by atomic mass is 14.8. The molecule has 0 amide bonds. The predicted molar refractivity (Wildman–Crippen MR) is 67.5 cm³/mol. The molecule has 1 heterocycles. The van der Waals surface area contributed by atoms with Crippen LogP contribution in [0.1, 0.15) is 44.1 Å². The van der Waals surface area contributed by atoms with Crippen molar-refractivity contribution in [2.24, 2.45) is 0 Å². The second-order valence-electron chi connectivity index (χ2n) is 4.97. The minimum absolute atomic E-state index is 0.333. The van der Waals surface area contributed by atoms with Gasteiger partial charge in [0.25, 0.3) is 0 Å². The second kappa shape index (κ2) is 5.44. The van der Waals surface area contributed by atoms with Gasteiger partial charge in [-0.1, -0.05) is 31.7 Å². The molecule has 0 aliphatic heterocycles. The zero-order valence-corrected chi connectivity index (χ0v) is 10.2. The third-order valence-corrected chi connectivity index (χ3v) is 3.85. The maximum absolute atomic E-state index is 4.29. The molecule has 1 aromatic heterocycles. The van der Waals surface area contributed by atoms with Crippen molar-refractivity contribution in [3.8, 4) is 0 Å². The first-order valence-corrected chi connectivity index (χ1v) is 6.42. The third kappa shape index (κ3) is 2.43. The fourth-order valence-electron chi connectivity index (χ4n) is 2.99. The molecule has 1 saturated carbocycles. The van der Waals surface area contributed by atoms with Gasteiger partial charge < -0.3 is 5.32 Å². The summed E-state index contributed by atoms with van der Waals surface area (Å²) in [6, 6.07) is 4.31. The van der Waals surface area contributed by atoms with Crippen molar-refractivity contribution in [2.45, 2.75) is 43.9 Å². The van der Waals surface area contributed by atoms with E-state index in [0.29, 0.717) is 5.41 Å². The molecular weight excluding hydrogens is 196 g/mol. The molecule has 0 aromatic carbocycles. The molecule has 0 saturated heterocycles. The molecule has 0 bridgehead atoms. The predicted octanol–water partition coefficient (Wildman–Crippen LogP) is 2.89. The van der Waals surface area contributed by atoms with E-state index in [1.165, 1.54) is 44.1 Å². The van der Waals surface area contributed by atoms with Crippen LogP contribution in [-0.4, -0.2) is 18.6 Å². The molecule has 2 heteroatoms. The van der Waals surface area contributed by atoms with Gasteiger partial charge in [0.2, 0.25) is 0 Å². The Morgan fingerprint density at radius 2 is 2.00 bits per heavy atom. The van der Waals surface area contributed by atoms with Crippen molar-refractivity contribution in [1.29, 1.82) is 0 Å². The second-order valence-corrected chi connectivity index (χ2v) is 4.97. The van der Waals surface area contributed by atoms with E-state index in [2.05, 4.69) is 35.7 Å². The highest BCUT2D eigenvalue weighted by Gasteiger charge is 2.32. The van der Waals surface area contributed by atoms with Gasteiger partial charge in [-0.2, -0.15) is 0 Å². The van der Waals surface area contributed by atoms with Gasteiger partial charge in [0, 0.05) is 24.4 Å². The quantitative estimate of drug-likeness (QED) is 0.789. The van der Waals surface area contributed by atoms with Crippen molar-refractivity contribution in [3.05, 3.63) is 30.1 Å². The van der Waals surface area contributed by atoms with Crippen LogP contribution in [0, 0.1) is 0 Å². The summed E-state index contributed by atoms with van der Waals surface area (Å²) in [7, 11) is 2.06. The van der Waals surface area contributed by atoms with E-state index in [1.54, 1.807) is 0 Å². The van der Waals surface area contributed by atoms with Crippen LogP contribution in [0.25, 0.3) is 0 Å². The molecule has 16 heavy (non-hydrogen) atoms. The highest BCUT2D eigenvalue weighted by molar-refractivity contribution is 5.23. The smallest absolute Gasteiger partial charge is 0.0306 e. The molecule has 1 N–H and O–H groups in total. The molecule has 1 aromatic rings. The highest BCUT2D eigenvalue weighted by Crippen LogP contribution is 2.37. The Balaban J connectivity index is 2.26. The zero-order chi connectivity index (χ0) is 11.3. The number of nitrogens with zero attached hydrogens (tertiary/aromatic N) is 1. The lowest BCUT2D eigenvalue weighted by Crippen LogP contribution is -2.36. The monoisotopic (exact) mass is 218 g/mol. The van der Waals surface area contributed by atoms with Gasteiger partial charge in [0.1, 0.15) is 0 Å². The Morgan fingerprint density at radius 3 is 2.56 bits per heavy atom. The number of likely N-dealkylation sites (N-methyl/N-ethyl adjacent to an activating group) is 1. The summed E-state index contributed by atoms with van der Waals surface area (Å²) in [6.45, 7) is 1.08. The molecule has 88 valence electrons. The Bertz CT molecular complexity index is 300. The average Bonchev–Trinajstić information content (AvgIpc) is 2.57. The van der Waals surface area contributed by atoms with Gasteiger partial charge in [0.15, 0.2) is 0 Å². The molecule has 2 nitrogen and oxygen atoms in total.